The van der Waals surface area contributed by atoms with Gasteiger partial charge in [0.05, 0.1) is 11.6 Å². The number of thiophene rings is 1. The summed E-state index contributed by atoms with van der Waals surface area (Å²) in [6, 6.07) is 1.89. The van der Waals surface area contributed by atoms with Crippen molar-refractivity contribution in [1.82, 2.24) is 9.55 Å². The number of nitrogens with one attached hydrogen (secondary N) is 1. The average Bonchev–Trinajstić information content (AvgIpc) is 2.94. The molecule has 18 heavy (non-hydrogen) atoms. The Kier molecular flexibility index (Phi) is 3.09. The van der Waals surface area contributed by atoms with Crippen molar-refractivity contribution in [3.8, 4) is 0 Å². The summed E-state index contributed by atoms with van der Waals surface area (Å²) < 4.78 is 8.45. The Hall–Kier alpha value is -0.980. The molecule has 2 aromatic heterocycles. The van der Waals surface area contributed by atoms with Gasteiger partial charge in [0.25, 0.3) is 5.56 Å². The van der Waals surface area contributed by atoms with Crippen LogP contribution in [0.2, 0.25) is 0 Å². The third-order valence-electron chi connectivity index (χ3n) is 3.54. The van der Waals surface area contributed by atoms with E-state index in [1.165, 1.54) is 11.3 Å². The molecule has 2 atom stereocenters. The van der Waals surface area contributed by atoms with Crippen molar-refractivity contribution in [3.63, 3.8) is 0 Å². The Balaban J connectivity index is 2.06. The van der Waals surface area contributed by atoms with Gasteiger partial charge in [-0.05, 0) is 37.0 Å². The normalized spacial score (nSPS) is 23.8. The van der Waals surface area contributed by atoms with Crippen LogP contribution in [0.25, 0.3) is 10.2 Å². The molecule has 1 aliphatic heterocycles. The Labute approximate surface area is 113 Å². The van der Waals surface area contributed by atoms with E-state index in [-0.39, 0.29) is 11.7 Å². The minimum absolute atomic E-state index is 0.0165. The maximum Gasteiger partial charge on any atom is 0.272 e. The van der Waals surface area contributed by atoms with Gasteiger partial charge >= 0.3 is 0 Å². The molecule has 0 aliphatic carbocycles. The summed E-state index contributed by atoms with van der Waals surface area (Å²) in [7, 11) is 0. The lowest BCUT2D eigenvalue weighted by atomic mass is 10.0. The molecule has 0 aromatic carbocycles. The number of nitrogens with zero attached hydrogens (tertiary/aromatic N) is 1. The average molecular weight is 282 g/mol. The van der Waals surface area contributed by atoms with Gasteiger partial charge in [-0.25, -0.2) is 0 Å². The number of rotatable bonds is 2. The summed E-state index contributed by atoms with van der Waals surface area (Å²) in [5.74, 6) is 0.371. The molecule has 0 saturated carbocycles. The molecule has 2 unspecified atom stereocenters. The predicted octanol–water partition coefficient (Wildman–Crippen LogP) is 2.55. The number of aromatic nitrogens is 2. The highest BCUT2D eigenvalue weighted by atomic mass is 32.1. The van der Waals surface area contributed by atoms with Gasteiger partial charge in [-0.3, -0.25) is 9.36 Å². The minimum Gasteiger partial charge on any atom is -0.378 e. The van der Waals surface area contributed by atoms with Gasteiger partial charge in [0.2, 0.25) is 0 Å². The van der Waals surface area contributed by atoms with Gasteiger partial charge in [0.15, 0.2) is 4.77 Å². The first kappa shape index (κ1) is 12.1. The van der Waals surface area contributed by atoms with E-state index < -0.39 is 0 Å². The van der Waals surface area contributed by atoms with Gasteiger partial charge < -0.3 is 9.72 Å². The first-order valence-corrected chi connectivity index (χ1v) is 7.27. The van der Waals surface area contributed by atoms with Gasteiger partial charge in [0.1, 0.15) is 4.70 Å². The second-order valence-electron chi connectivity index (χ2n) is 4.63. The van der Waals surface area contributed by atoms with Crippen LogP contribution in [0.3, 0.4) is 0 Å². The molecule has 6 heteroatoms. The number of fused-ring (bicyclic) bond motifs is 1. The molecule has 0 amide bonds. The van der Waals surface area contributed by atoms with E-state index in [2.05, 4.69) is 11.9 Å². The number of H-pyrrole nitrogens is 1. The highest BCUT2D eigenvalue weighted by Crippen LogP contribution is 2.22. The predicted molar refractivity (Wildman–Crippen MR) is 74.8 cm³/mol. The Morgan fingerprint density at radius 2 is 2.50 bits per heavy atom. The summed E-state index contributed by atoms with van der Waals surface area (Å²) in [5.41, 5.74) is 0.852. The van der Waals surface area contributed by atoms with Crippen molar-refractivity contribution in [2.45, 2.75) is 26.0 Å². The molecule has 2 aromatic rings. The number of hydrogen-bond donors (Lipinski definition) is 1. The molecule has 3 heterocycles. The summed E-state index contributed by atoms with van der Waals surface area (Å²) in [6.07, 6.45) is 1.19. The standard InChI is InChI=1S/C12H14N2O2S2/c1-7-8(2-4-16-7)6-14-11(15)10-9(3-5-18-10)13-12(14)17/h3,5,7-8H,2,4,6H2,1H3,(H,13,17). The highest BCUT2D eigenvalue weighted by Gasteiger charge is 2.25. The van der Waals surface area contributed by atoms with Crippen molar-refractivity contribution in [2.75, 3.05) is 6.61 Å². The summed E-state index contributed by atoms with van der Waals surface area (Å²) in [5, 5.41) is 1.91. The lowest BCUT2D eigenvalue weighted by Crippen LogP contribution is -2.27. The van der Waals surface area contributed by atoms with E-state index in [4.69, 9.17) is 17.0 Å². The molecular formula is C12H14N2O2S2. The van der Waals surface area contributed by atoms with E-state index in [1.807, 2.05) is 11.4 Å². The molecule has 0 bridgehead atoms. The van der Waals surface area contributed by atoms with Crippen molar-refractivity contribution in [2.24, 2.45) is 5.92 Å². The molecule has 4 nitrogen and oxygen atoms in total. The molecule has 0 spiro atoms. The van der Waals surface area contributed by atoms with Gasteiger partial charge in [-0.15, -0.1) is 11.3 Å². The van der Waals surface area contributed by atoms with Crippen LogP contribution in [0.4, 0.5) is 0 Å². The number of ether oxygens (including phenoxy) is 1. The van der Waals surface area contributed by atoms with Crippen LogP contribution in [-0.4, -0.2) is 22.3 Å². The van der Waals surface area contributed by atoms with Gasteiger partial charge in [-0.1, -0.05) is 0 Å². The van der Waals surface area contributed by atoms with Crippen molar-refractivity contribution < 1.29 is 4.74 Å². The summed E-state index contributed by atoms with van der Waals surface area (Å²) in [6.45, 7) is 3.47. The fourth-order valence-corrected chi connectivity index (χ4v) is 3.45. The zero-order valence-corrected chi connectivity index (χ0v) is 11.6. The Morgan fingerprint density at radius 1 is 1.67 bits per heavy atom. The fraction of sp³-hybridized carbons (Fsp3) is 0.500. The van der Waals surface area contributed by atoms with E-state index >= 15 is 0 Å². The topological polar surface area (TPSA) is 47.0 Å². The second kappa shape index (κ2) is 4.60. The SMILES string of the molecule is CC1OCCC1Cn1c(=S)[nH]c2ccsc2c1=O. The van der Waals surface area contributed by atoms with Crippen molar-refractivity contribution in [3.05, 3.63) is 26.6 Å². The quantitative estimate of drug-likeness (QED) is 0.861. The zero-order valence-electron chi connectivity index (χ0n) is 10.0. The first-order valence-electron chi connectivity index (χ1n) is 5.99. The van der Waals surface area contributed by atoms with Crippen LogP contribution in [-0.2, 0) is 11.3 Å². The molecular weight excluding hydrogens is 268 g/mol. The molecule has 96 valence electrons. The second-order valence-corrected chi connectivity index (χ2v) is 5.94. The molecule has 0 radical (unpaired) electrons. The van der Waals surface area contributed by atoms with Crippen LogP contribution in [0.5, 0.6) is 0 Å². The lowest BCUT2D eigenvalue weighted by Gasteiger charge is -2.15. The zero-order chi connectivity index (χ0) is 12.7. The molecule has 1 fully saturated rings. The van der Waals surface area contributed by atoms with Crippen molar-refractivity contribution in [1.29, 1.82) is 0 Å². The highest BCUT2D eigenvalue weighted by molar-refractivity contribution is 7.71. The minimum atomic E-state index is 0.0165. The van der Waals surface area contributed by atoms with Gasteiger partial charge in [-0.2, -0.15) is 0 Å². The van der Waals surface area contributed by atoms with E-state index in [0.29, 0.717) is 17.2 Å². The number of hydrogen-bond acceptors (Lipinski definition) is 4. The Morgan fingerprint density at radius 3 is 3.22 bits per heavy atom. The van der Waals surface area contributed by atoms with Crippen LogP contribution in [0.1, 0.15) is 13.3 Å². The van der Waals surface area contributed by atoms with Gasteiger partial charge in [0, 0.05) is 19.1 Å². The first-order chi connectivity index (χ1) is 8.66. The van der Waals surface area contributed by atoms with E-state index in [1.54, 1.807) is 4.57 Å². The van der Waals surface area contributed by atoms with Crippen LogP contribution < -0.4 is 5.56 Å². The maximum atomic E-state index is 12.4. The van der Waals surface area contributed by atoms with E-state index in [9.17, 15) is 4.79 Å². The van der Waals surface area contributed by atoms with E-state index in [0.717, 1.165) is 23.2 Å². The summed E-state index contributed by atoms with van der Waals surface area (Å²) in [4.78, 5) is 15.5. The molecule has 3 rings (SSSR count). The van der Waals surface area contributed by atoms with Crippen molar-refractivity contribution >= 4 is 33.8 Å². The van der Waals surface area contributed by atoms with Crippen LogP contribution in [0, 0.1) is 10.7 Å². The Bertz CT molecular complexity index is 685. The smallest absolute Gasteiger partial charge is 0.272 e. The summed E-state index contributed by atoms with van der Waals surface area (Å²) >= 11 is 6.73. The molecule has 1 aliphatic rings. The monoisotopic (exact) mass is 282 g/mol. The maximum absolute atomic E-state index is 12.4. The molecule has 1 saturated heterocycles. The third-order valence-corrected chi connectivity index (χ3v) is 4.77. The van der Waals surface area contributed by atoms with Crippen LogP contribution >= 0.6 is 23.6 Å². The lowest BCUT2D eigenvalue weighted by molar-refractivity contribution is 0.101. The third kappa shape index (κ3) is 1.94. The fourth-order valence-electron chi connectivity index (χ4n) is 2.39. The molecule has 1 N–H and O–H groups in total. The number of aromatic amines is 1. The van der Waals surface area contributed by atoms with Crippen LogP contribution in [0.15, 0.2) is 16.2 Å². The largest absolute Gasteiger partial charge is 0.378 e.